The lowest BCUT2D eigenvalue weighted by atomic mass is 10.0. The second-order valence-electron chi connectivity index (χ2n) is 7.29. The molecule has 2 aliphatic carbocycles. The minimum atomic E-state index is -0.0751. The van der Waals surface area contributed by atoms with Crippen molar-refractivity contribution in [1.29, 1.82) is 0 Å². The molecule has 27 heavy (non-hydrogen) atoms. The van der Waals surface area contributed by atoms with Crippen molar-refractivity contribution in [2.75, 3.05) is 0 Å². The number of carbonyl (C=O) groups excluding carboxylic acids is 1. The lowest BCUT2D eigenvalue weighted by Gasteiger charge is -2.10. The van der Waals surface area contributed by atoms with E-state index in [1.54, 1.807) is 0 Å². The predicted molar refractivity (Wildman–Crippen MR) is 103 cm³/mol. The molecule has 134 valence electrons. The molecule has 0 aromatic heterocycles. The van der Waals surface area contributed by atoms with Gasteiger partial charge in [0.15, 0.2) is 0 Å². The Morgan fingerprint density at radius 2 is 1.67 bits per heavy atom. The first kappa shape index (κ1) is 16.1. The lowest BCUT2D eigenvalue weighted by molar-refractivity contribution is -0.147. The third-order valence-electron chi connectivity index (χ3n) is 5.57. The lowest BCUT2D eigenvalue weighted by Crippen LogP contribution is -2.11. The van der Waals surface area contributed by atoms with E-state index in [0.717, 1.165) is 23.5 Å². The van der Waals surface area contributed by atoms with Gasteiger partial charge in [0.1, 0.15) is 18.1 Å². The summed E-state index contributed by atoms with van der Waals surface area (Å²) >= 11 is 0. The summed E-state index contributed by atoms with van der Waals surface area (Å²) in [6.07, 6.45) is 1.00. The summed E-state index contributed by atoms with van der Waals surface area (Å²) in [5.74, 6) is 2.28. The van der Waals surface area contributed by atoms with Crippen LogP contribution in [0, 0.1) is 11.8 Å². The smallest absolute Gasteiger partial charge is 0.310 e. The summed E-state index contributed by atoms with van der Waals surface area (Å²) in [6.45, 7) is 0.280. The first-order valence-electron chi connectivity index (χ1n) is 9.36. The summed E-state index contributed by atoms with van der Waals surface area (Å²) in [5.41, 5.74) is 3.66. The van der Waals surface area contributed by atoms with Crippen LogP contribution in [-0.2, 0) is 22.6 Å². The van der Waals surface area contributed by atoms with Crippen LogP contribution in [0.4, 0.5) is 0 Å². The molecule has 5 rings (SSSR count). The van der Waals surface area contributed by atoms with Crippen molar-refractivity contribution in [2.24, 2.45) is 11.8 Å². The standard InChI is InChI=1S/C24H20O3/c25-24(23-21-14-17-8-4-5-12-20(17)22(21)23)26-15-16-7-6-11-19(13-16)27-18-9-2-1-3-10-18/h1-13,21-23H,14-15H2/t21-,22+,23-/m0/s1. The molecule has 3 aromatic carbocycles. The maximum Gasteiger partial charge on any atom is 0.310 e. The molecule has 2 aliphatic rings. The molecule has 0 amide bonds. The molecule has 3 atom stereocenters. The van der Waals surface area contributed by atoms with Gasteiger partial charge in [0, 0.05) is 5.92 Å². The molecule has 0 bridgehead atoms. The van der Waals surface area contributed by atoms with Crippen LogP contribution in [0.2, 0.25) is 0 Å². The van der Waals surface area contributed by atoms with Crippen LogP contribution >= 0.6 is 0 Å². The number of ether oxygens (including phenoxy) is 2. The summed E-state index contributed by atoms with van der Waals surface area (Å²) in [5, 5.41) is 0. The van der Waals surface area contributed by atoms with Crippen molar-refractivity contribution in [2.45, 2.75) is 18.9 Å². The summed E-state index contributed by atoms with van der Waals surface area (Å²) in [7, 11) is 0. The van der Waals surface area contributed by atoms with Gasteiger partial charge >= 0.3 is 5.97 Å². The number of fused-ring (bicyclic) bond motifs is 3. The average Bonchev–Trinajstić information content (AvgIpc) is 3.29. The number of esters is 1. The van der Waals surface area contributed by atoms with Crippen LogP contribution in [0.15, 0.2) is 78.9 Å². The topological polar surface area (TPSA) is 35.5 Å². The van der Waals surface area contributed by atoms with Crippen LogP contribution in [0.3, 0.4) is 0 Å². The number of hydrogen-bond donors (Lipinski definition) is 0. The molecule has 0 aliphatic heterocycles. The summed E-state index contributed by atoms with van der Waals surface area (Å²) in [4.78, 5) is 12.5. The first-order valence-corrected chi connectivity index (χ1v) is 9.36. The van der Waals surface area contributed by atoms with Crippen LogP contribution in [0.1, 0.15) is 22.6 Å². The van der Waals surface area contributed by atoms with Crippen LogP contribution in [0.5, 0.6) is 11.5 Å². The van der Waals surface area contributed by atoms with Crippen molar-refractivity contribution in [1.82, 2.24) is 0 Å². The summed E-state index contributed by atoms with van der Waals surface area (Å²) in [6, 6.07) is 25.8. The zero-order chi connectivity index (χ0) is 18.2. The quantitative estimate of drug-likeness (QED) is 0.596. The Kier molecular flexibility index (Phi) is 3.93. The summed E-state index contributed by atoms with van der Waals surface area (Å²) < 4.78 is 11.5. The van der Waals surface area contributed by atoms with E-state index in [-0.39, 0.29) is 18.5 Å². The second kappa shape index (κ2) is 6.58. The Balaban J connectivity index is 1.20. The zero-order valence-electron chi connectivity index (χ0n) is 14.9. The Hall–Kier alpha value is -3.07. The van der Waals surface area contributed by atoms with Crippen molar-refractivity contribution >= 4 is 5.97 Å². The molecule has 0 saturated heterocycles. The van der Waals surface area contributed by atoms with Crippen LogP contribution in [0.25, 0.3) is 0 Å². The molecule has 3 nitrogen and oxygen atoms in total. The highest BCUT2D eigenvalue weighted by Gasteiger charge is 2.60. The van der Waals surface area contributed by atoms with Gasteiger partial charge in [-0.15, -0.1) is 0 Å². The highest BCUT2D eigenvalue weighted by Crippen LogP contribution is 2.61. The second-order valence-corrected chi connectivity index (χ2v) is 7.29. The number of benzene rings is 3. The van der Waals surface area contributed by atoms with Crippen molar-refractivity contribution < 1.29 is 14.3 Å². The van der Waals surface area contributed by atoms with E-state index in [1.807, 2.05) is 54.6 Å². The molecule has 0 spiro atoms. The van der Waals surface area contributed by atoms with E-state index in [0.29, 0.717) is 11.8 Å². The molecular weight excluding hydrogens is 336 g/mol. The predicted octanol–water partition coefficient (Wildman–Crippen LogP) is 5.11. The van der Waals surface area contributed by atoms with Gasteiger partial charge in [-0.3, -0.25) is 4.79 Å². The molecule has 3 aromatic rings. The van der Waals surface area contributed by atoms with Crippen LogP contribution in [-0.4, -0.2) is 5.97 Å². The Morgan fingerprint density at radius 1 is 0.889 bits per heavy atom. The SMILES string of the molecule is O=C(OCc1cccc(Oc2ccccc2)c1)[C@H]1[C@H]2Cc3ccccc3[C@H]21. The van der Waals surface area contributed by atoms with Gasteiger partial charge in [0.05, 0.1) is 5.92 Å². The van der Waals surface area contributed by atoms with Crippen molar-refractivity contribution in [3.63, 3.8) is 0 Å². The fourth-order valence-electron chi connectivity index (χ4n) is 4.25. The minimum Gasteiger partial charge on any atom is -0.461 e. The third kappa shape index (κ3) is 3.10. The first-order chi connectivity index (χ1) is 13.3. The Labute approximate surface area is 158 Å². The van der Waals surface area contributed by atoms with E-state index < -0.39 is 0 Å². The molecule has 1 fully saturated rings. The zero-order valence-corrected chi connectivity index (χ0v) is 14.9. The van der Waals surface area contributed by atoms with Crippen molar-refractivity contribution in [3.05, 3.63) is 95.6 Å². The number of para-hydroxylation sites is 1. The van der Waals surface area contributed by atoms with Gasteiger partial charge in [-0.1, -0.05) is 54.6 Å². The number of hydrogen-bond acceptors (Lipinski definition) is 3. The molecule has 0 N–H and O–H groups in total. The monoisotopic (exact) mass is 356 g/mol. The highest BCUT2D eigenvalue weighted by molar-refractivity contribution is 5.79. The van der Waals surface area contributed by atoms with Gasteiger partial charge in [-0.25, -0.2) is 0 Å². The Morgan fingerprint density at radius 3 is 2.56 bits per heavy atom. The fourth-order valence-corrected chi connectivity index (χ4v) is 4.25. The maximum atomic E-state index is 12.5. The fraction of sp³-hybridized carbons (Fsp3) is 0.208. The molecule has 3 heteroatoms. The molecular formula is C24H20O3. The minimum absolute atomic E-state index is 0.0312. The number of rotatable bonds is 5. The highest BCUT2D eigenvalue weighted by atomic mass is 16.5. The van der Waals surface area contributed by atoms with Gasteiger partial charge in [-0.05, 0) is 53.3 Å². The Bertz CT molecular complexity index is 980. The number of carbonyl (C=O) groups is 1. The third-order valence-corrected chi connectivity index (χ3v) is 5.57. The van der Waals surface area contributed by atoms with Crippen molar-refractivity contribution in [3.8, 4) is 11.5 Å². The largest absolute Gasteiger partial charge is 0.461 e. The van der Waals surface area contributed by atoms with E-state index in [1.165, 1.54) is 11.1 Å². The molecule has 0 radical (unpaired) electrons. The van der Waals surface area contributed by atoms with Crippen LogP contribution < -0.4 is 4.74 Å². The van der Waals surface area contributed by atoms with E-state index in [2.05, 4.69) is 24.3 Å². The molecule has 0 unspecified atom stereocenters. The van der Waals surface area contributed by atoms with Gasteiger partial charge in [0.25, 0.3) is 0 Å². The average molecular weight is 356 g/mol. The van der Waals surface area contributed by atoms with Gasteiger partial charge < -0.3 is 9.47 Å². The van der Waals surface area contributed by atoms with E-state index in [4.69, 9.17) is 9.47 Å². The molecule has 0 heterocycles. The van der Waals surface area contributed by atoms with Gasteiger partial charge in [0.2, 0.25) is 0 Å². The van der Waals surface area contributed by atoms with Gasteiger partial charge in [-0.2, -0.15) is 0 Å². The molecule has 1 saturated carbocycles. The normalized spacial score (nSPS) is 21.9. The van der Waals surface area contributed by atoms with E-state index in [9.17, 15) is 4.79 Å². The van der Waals surface area contributed by atoms with E-state index >= 15 is 0 Å². The maximum absolute atomic E-state index is 12.5.